The van der Waals surface area contributed by atoms with Crippen molar-refractivity contribution in [2.45, 2.75) is 48.5 Å². The van der Waals surface area contributed by atoms with Gasteiger partial charge in [-0.1, -0.05) is 53.7 Å². The van der Waals surface area contributed by atoms with Crippen LogP contribution in [0.15, 0.2) is 11.6 Å². The van der Waals surface area contributed by atoms with Crippen LogP contribution in [0.3, 0.4) is 0 Å². The van der Waals surface area contributed by atoms with Crippen LogP contribution in [0.4, 0.5) is 0 Å². The van der Waals surface area contributed by atoms with E-state index in [0.29, 0.717) is 11.3 Å². The highest BCUT2D eigenvalue weighted by molar-refractivity contribution is 5.06. The minimum Gasteiger partial charge on any atom is -0.379 e. The fourth-order valence-electron chi connectivity index (χ4n) is 2.50. The second-order valence-electron chi connectivity index (χ2n) is 7.21. The lowest BCUT2D eigenvalue weighted by atomic mass is 9.96. The molecule has 1 saturated heterocycles. The molecule has 1 fully saturated rings. The lowest BCUT2D eigenvalue weighted by Gasteiger charge is -2.32. The molecule has 0 atom stereocenters. The van der Waals surface area contributed by atoms with E-state index in [1.165, 1.54) is 6.54 Å². The molecule has 0 radical (unpaired) electrons. The predicted molar refractivity (Wildman–Crippen MR) is 91.8 cm³/mol. The molecule has 0 spiro atoms. The number of nitrogens with zero attached hydrogens (tertiary/aromatic N) is 1. The molecule has 0 N–H and O–H groups in total. The molecule has 2 aliphatic heterocycles. The van der Waals surface area contributed by atoms with Crippen molar-refractivity contribution in [3.05, 3.63) is 11.6 Å². The SMILES string of the molecule is C.CC(C)(C)CN1CCOCC1.CC(C)C1=CCOCC1. The van der Waals surface area contributed by atoms with Crippen LogP contribution in [-0.2, 0) is 9.47 Å². The van der Waals surface area contributed by atoms with E-state index in [2.05, 4.69) is 45.6 Å². The summed E-state index contributed by atoms with van der Waals surface area (Å²) in [5.74, 6) is 0.717. The zero-order valence-electron chi connectivity index (χ0n) is 14.1. The van der Waals surface area contributed by atoms with E-state index < -0.39 is 0 Å². The van der Waals surface area contributed by atoms with Gasteiger partial charge in [0, 0.05) is 19.6 Å². The quantitative estimate of drug-likeness (QED) is 0.720. The third-order valence-electron chi connectivity index (χ3n) is 3.54. The molecule has 0 aliphatic carbocycles. The van der Waals surface area contributed by atoms with E-state index in [-0.39, 0.29) is 7.43 Å². The Morgan fingerprint density at radius 2 is 1.71 bits per heavy atom. The Morgan fingerprint density at radius 3 is 2.10 bits per heavy atom. The first kappa shape index (κ1) is 20.6. The van der Waals surface area contributed by atoms with E-state index >= 15 is 0 Å². The minimum atomic E-state index is 0. The maximum atomic E-state index is 5.27. The summed E-state index contributed by atoms with van der Waals surface area (Å²) in [6.45, 7) is 18.3. The molecular weight excluding hydrogens is 262 g/mol. The Morgan fingerprint density at radius 1 is 1.10 bits per heavy atom. The van der Waals surface area contributed by atoms with Crippen LogP contribution >= 0.6 is 0 Å². The van der Waals surface area contributed by atoms with Gasteiger partial charge in [-0.15, -0.1) is 0 Å². The first-order valence-corrected chi connectivity index (χ1v) is 7.95. The first-order chi connectivity index (χ1) is 9.38. The molecule has 0 saturated carbocycles. The van der Waals surface area contributed by atoms with Gasteiger partial charge >= 0.3 is 0 Å². The molecule has 0 bridgehead atoms. The Hall–Kier alpha value is -0.380. The average Bonchev–Trinajstić information content (AvgIpc) is 2.40. The van der Waals surface area contributed by atoms with Crippen molar-refractivity contribution >= 4 is 0 Å². The van der Waals surface area contributed by atoms with Crippen LogP contribution in [0.25, 0.3) is 0 Å². The molecule has 0 amide bonds. The fourth-order valence-corrected chi connectivity index (χ4v) is 2.50. The zero-order chi connectivity index (χ0) is 15.0. The average molecular weight is 299 g/mol. The van der Waals surface area contributed by atoms with Crippen LogP contribution in [-0.4, -0.2) is 51.0 Å². The van der Waals surface area contributed by atoms with Gasteiger partial charge in [-0.25, -0.2) is 0 Å². The third-order valence-corrected chi connectivity index (χ3v) is 3.54. The Bertz CT molecular complexity index is 286. The molecule has 126 valence electrons. The van der Waals surface area contributed by atoms with E-state index in [4.69, 9.17) is 9.47 Å². The van der Waals surface area contributed by atoms with Crippen LogP contribution < -0.4 is 0 Å². The summed E-state index contributed by atoms with van der Waals surface area (Å²) < 4.78 is 10.4. The molecule has 3 nitrogen and oxygen atoms in total. The monoisotopic (exact) mass is 299 g/mol. The van der Waals surface area contributed by atoms with Gasteiger partial charge in [0.25, 0.3) is 0 Å². The van der Waals surface area contributed by atoms with E-state index in [1.807, 2.05) is 0 Å². The topological polar surface area (TPSA) is 21.7 Å². The maximum Gasteiger partial charge on any atom is 0.0650 e. The number of ether oxygens (including phenoxy) is 2. The van der Waals surface area contributed by atoms with Crippen LogP contribution in [0.1, 0.15) is 48.5 Å². The van der Waals surface area contributed by atoms with Gasteiger partial charge in [0.1, 0.15) is 0 Å². The normalized spacial score (nSPS) is 20.2. The number of hydrogen-bond acceptors (Lipinski definition) is 3. The number of rotatable bonds is 2. The Balaban J connectivity index is 0.000000370. The summed E-state index contributed by atoms with van der Waals surface area (Å²) in [6, 6.07) is 0. The molecule has 0 unspecified atom stereocenters. The summed E-state index contributed by atoms with van der Waals surface area (Å²) in [6.07, 6.45) is 3.34. The largest absolute Gasteiger partial charge is 0.379 e. The minimum absolute atomic E-state index is 0. The smallest absolute Gasteiger partial charge is 0.0650 e. The van der Waals surface area contributed by atoms with Crippen molar-refractivity contribution in [3.8, 4) is 0 Å². The van der Waals surface area contributed by atoms with E-state index in [9.17, 15) is 0 Å². The van der Waals surface area contributed by atoms with Gasteiger partial charge in [-0.05, 0) is 17.8 Å². The van der Waals surface area contributed by atoms with Gasteiger partial charge in [0.05, 0.1) is 26.4 Å². The number of hydrogen-bond donors (Lipinski definition) is 0. The molecule has 3 heteroatoms. The van der Waals surface area contributed by atoms with Crippen molar-refractivity contribution < 1.29 is 9.47 Å². The van der Waals surface area contributed by atoms with Gasteiger partial charge in [-0.2, -0.15) is 0 Å². The van der Waals surface area contributed by atoms with Crippen LogP contribution in [0.5, 0.6) is 0 Å². The molecule has 0 aromatic carbocycles. The summed E-state index contributed by atoms with van der Waals surface area (Å²) in [5.41, 5.74) is 1.98. The summed E-state index contributed by atoms with van der Waals surface area (Å²) in [7, 11) is 0. The second-order valence-corrected chi connectivity index (χ2v) is 7.21. The van der Waals surface area contributed by atoms with Crippen molar-refractivity contribution in [3.63, 3.8) is 0 Å². The highest BCUT2D eigenvalue weighted by Gasteiger charge is 2.17. The number of morpholine rings is 1. The molecule has 0 aromatic rings. The lowest BCUT2D eigenvalue weighted by Crippen LogP contribution is -2.41. The fraction of sp³-hybridized carbons (Fsp3) is 0.889. The molecular formula is C18H37NO2. The van der Waals surface area contributed by atoms with Crippen LogP contribution in [0.2, 0.25) is 0 Å². The van der Waals surface area contributed by atoms with Crippen molar-refractivity contribution in [1.82, 2.24) is 4.90 Å². The predicted octanol–water partition coefficient (Wildman–Crippen LogP) is 3.99. The molecule has 2 aliphatic rings. The summed E-state index contributed by atoms with van der Waals surface area (Å²) in [5, 5.41) is 0. The molecule has 2 rings (SSSR count). The van der Waals surface area contributed by atoms with Crippen molar-refractivity contribution in [1.29, 1.82) is 0 Å². The van der Waals surface area contributed by atoms with Crippen molar-refractivity contribution in [2.75, 3.05) is 46.1 Å². The third kappa shape index (κ3) is 10.0. The Labute approximate surface area is 132 Å². The van der Waals surface area contributed by atoms with Crippen LogP contribution in [0, 0.1) is 11.3 Å². The van der Waals surface area contributed by atoms with E-state index in [0.717, 1.165) is 45.9 Å². The zero-order valence-corrected chi connectivity index (χ0v) is 14.1. The molecule has 0 aromatic heterocycles. The van der Waals surface area contributed by atoms with Gasteiger partial charge in [0.2, 0.25) is 0 Å². The van der Waals surface area contributed by atoms with Gasteiger partial charge in [0.15, 0.2) is 0 Å². The standard InChI is InChI=1S/C9H19NO.C8H14O.CH4/c1-9(2,3)8-10-4-6-11-7-5-10;1-7(2)8-3-5-9-6-4-8;/h4-8H2,1-3H3;3,7H,4-6H2,1-2H3;1H4. The van der Waals surface area contributed by atoms with Gasteiger partial charge < -0.3 is 9.47 Å². The maximum absolute atomic E-state index is 5.27. The summed E-state index contributed by atoms with van der Waals surface area (Å²) >= 11 is 0. The highest BCUT2D eigenvalue weighted by atomic mass is 16.5. The Kier molecular flexibility index (Phi) is 10.2. The van der Waals surface area contributed by atoms with Crippen molar-refractivity contribution in [2.24, 2.45) is 11.3 Å². The molecule has 21 heavy (non-hydrogen) atoms. The molecule has 2 heterocycles. The van der Waals surface area contributed by atoms with E-state index in [1.54, 1.807) is 5.57 Å². The first-order valence-electron chi connectivity index (χ1n) is 7.95. The second kappa shape index (κ2) is 10.4. The summed E-state index contributed by atoms with van der Waals surface area (Å²) in [4.78, 5) is 2.48. The highest BCUT2D eigenvalue weighted by Crippen LogP contribution is 2.16. The van der Waals surface area contributed by atoms with Gasteiger partial charge in [-0.3, -0.25) is 4.90 Å². The lowest BCUT2D eigenvalue weighted by molar-refractivity contribution is 0.0236.